The predicted molar refractivity (Wildman–Crippen MR) is 80.3 cm³/mol. The SMILES string of the molecule is CCOC(=O)c1c(NC(=O)CC#N)sc2c1CC[C@@H](C)C2. The van der Waals surface area contributed by atoms with Crippen LogP contribution in [0.5, 0.6) is 0 Å². The van der Waals surface area contributed by atoms with Crippen molar-refractivity contribution in [3.05, 3.63) is 16.0 Å². The highest BCUT2D eigenvalue weighted by molar-refractivity contribution is 7.17. The van der Waals surface area contributed by atoms with E-state index in [0.717, 1.165) is 29.7 Å². The Morgan fingerprint density at radius 1 is 1.52 bits per heavy atom. The van der Waals surface area contributed by atoms with E-state index in [9.17, 15) is 9.59 Å². The molecule has 1 N–H and O–H groups in total. The molecule has 0 unspecified atom stereocenters. The molecule has 1 amide bonds. The zero-order valence-electron chi connectivity index (χ0n) is 12.2. The van der Waals surface area contributed by atoms with Gasteiger partial charge in [0.1, 0.15) is 11.4 Å². The molecule has 0 fully saturated rings. The summed E-state index contributed by atoms with van der Waals surface area (Å²) in [5, 5.41) is 11.8. The maximum absolute atomic E-state index is 12.2. The third-order valence-electron chi connectivity index (χ3n) is 3.48. The van der Waals surface area contributed by atoms with Gasteiger partial charge in [0.05, 0.1) is 18.2 Å². The van der Waals surface area contributed by atoms with E-state index in [-0.39, 0.29) is 6.42 Å². The van der Waals surface area contributed by atoms with E-state index in [1.54, 1.807) is 13.0 Å². The molecule has 0 aliphatic heterocycles. The first-order valence-electron chi connectivity index (χ1n) is 7.05. The Morgan fingerprint density at radius 3 is 2.95 bits per heavy atom. The smallest absolute Gasteiger partial charge is 0.341 e. The lowest BCUT2D eigenvalue weighted by molar-refractivity contribution is -0.115. The second-order valence-corrected chi connectivity index (χ2v) is 6.26. The molecule has 21 heavy (non-hydrogen) atoms. The number of fused-ring (bicyclic) bond motifs is 1. The second kappa shape index (κ2) is 6.72. The van der Waals surface area contributed by atoms with Crippen molar-refractivity contribution >= 4 is 28.2 Å². The summed E-state index contributed by atoms with van der Waals surface area (Å²) in [4.78, 5) is 25.0. The number of carbonyl (C=O) groups excluding carboxylic acids is 2. The molecule has 1 atom stereocenters. The largest absolute Gasteiger partial charge is 0.462 e. The molecule has 0 bridgehead atoms. The summed E-state index contributed by atoms with van der Waals surface area (Å²) < 4.78 is 5.11. The van der Waals surface area contributed by atoms with Crippen molar-refractivity contribution in [2.75, 3.05) is 11.9 Å². The monoisotopic (exact) mass is 306 g/mol. The number of hydrogen-bond donors (Lipinski definition) is 1. The summed E-state index contributed by atoms with van der Waals surface area (Å²) in [7, 11) is 0. The molecular formula is C15H18N2O3S. The van der Waals surface area contributed by atoms with Crippen molar-refractivity contribution in [1.29, 1.82) is 5.26 Å². The number of rotatable bonds is 4. The van der Waals surface area contributed by atoms with Gasteiger partial charge in [0.2, 0.25) is 5.91 Å². The molecule has 5 nitrogen and oxygen atoms in total. The van der Waals surface area contributed by atoms with Crippen LogP contribution < -0.4 is 5.32 Å². The summed E-state index contributed by atoms with van der Waals surface area (Å²) in [5.41, 5.74) is 1.49. The van der Waals surface area contributed by atoms with Crippen LogP contribution in [0, 0.1) is 17.2 Å². The molecule has 0 saturated heterocycles. The first-order valence-corrected chi connectivity index (χ1v) is 7.86. The minimum Gasteiger partial charge on any atom is -0.462 e. The van der Waals surface area contributed by atoms with E-state index in [2.05, 4.69) is 12.2 Å². The number of amides is 1. The average molecular weight is 306 g/mol. The van der Waals surface area contributed by atoms with Crippen LogP contribution in [0.25, 0.3) is 0 Å². The molecule has 1 aliphatic rings. The third kappa shape index (κ3) is 3.42. The van der Waals surface area contributed by atoms with E-state index in [0.29, 0.717) is 23.1 Å². The van der Waals surface area contributed by atoms with Crippen LogP contribution >= 0.6 is 11.3 Å². The molecular weight excluding hydrogens is 288 g/mol. The molecule has 2 rings (SSSR count). The van der Waals surface area contributed by atoms with Crippen LogP contribution in [0.2, 0.25) is 0 Å². The summed E-state index contributed by atoms with van der Waals surface area (Å²) in [6.45, 7) is 4.23. The van der Waals surface area contributed by atoms with Gasteiger partial charge >= 0.3 is 5.97 Å². The highest BCUT2D eigenvalue weighted by Crippen LogP contribution is 2.40. The lowest BCUT2D eigenvalue weighted by Gasteiger charge is -2.18. The fraction of sp³-hybridized carbons (Fsp3) is 0.533. The topological polar surface area (TPSA) is 79.2 Å². The zero-order valence-corrected chi connectivity index (χ0v) is 13.0. The Bertz CT molecular complexity index is 601. The van der Waals surface area contributed by atoms with Gasteiger partial charge in [0.15, 0.2) is 0 Å². The summed E-state index contributed by atoms with van der Waals surface area (Å²) >= 11 is 1.43. The quantitative estimate of drug-likeness (QED) is 0.867. The van der Waals surface area contributed by atoms with Gasteiger partial charge in [-0.05, 0) is 37.7 Å². The lowest BCUT2D eigenvalue weighted by Crippen LogP contribution is -2.16. The molecule has 0 saturated carbocycles. The van der Waals surface area contributed by atoms with Crippen LogP contribution in [0.4, 0.5) is 5.00 Å². The van der Waals surface area contributed by atoms with E-state index in [4.69, 9.17) is 10.00 Å². The van der Waals surface area contributed by atoms with Crippen LogP contribution in [-0.2, 0) is 22.4 Å². The number of ether oxygens (including phenoxy) is 1. The fourth-order valence-electron chi connectivity index (χ4n) is 2.50. The van der Waals surface area contributed by atoms with Crippen molar-refractivity contribution in [2.45, 2.75) is 39.5 Å². The fourth-order valence-corrected chi connectivity index (χ4v) is 3.92. The second-order valence-electron chi connectivity index (χ2n) is 5.16. The molecule has 6 heteroatoms. The molecule has 0 spiro atoms. The Kier molecular flexibility index (Phi) is 4.97. The molecule has 112 valence electrons. The Labute approximate surface area is 127 Å². The van der Waals surface area contributed by atoms with Gasteiger partial charge in [0, 0.05) is 4.88 Å². The minimum atomic E-state index is -0.394. The minimum absolute atomic E-state index is 0.221. The maximum Gasteiger partial charge on any atom is 0.341 e. The van der Waals surface area contributed by atoms with Crippen molar-refractivity contribution in [2.24, 2.45) is 5.92 Å². The predicted octanol–water partition coefficient (Wildman–Crippen LogP) is 2.90. The molecule has 1 aromatic rings. The van der Waals surface area contributed by atoms with Gasteiger partial charge in [-0.15, -0.1) is 11.3 Å². The van der Waals surface area contributed by atoms with Crippen molar-refractivity contribution < 1.29 is 14.3 Å². The molecule has 0 radical (unpaired) electrons. The highest BCUT2D eigenvalue weighted by Gasteiger charge is 2.28. The number of nitriles is 1. The Hall–Kier alpha value is -1.87. The van der Waals surface area contributed by atoms with Crippen LogP contribution in [0.15, 0.2) is 0 Å². The standard InChI is InChI=1S/C15H18N2O3S/c1-3-20-15(19)13-10-5-4-9(2)8-11(10)21-14(13)17-12(18)6-7-16/h9H,3-6,8H2,1-2H3,(H,17,18)/t9-/m1/s1. The van der Waals surface area contributed by atoms with Crippen molar-refractivity contribution in [3.63, 3.8) is 0 Å². The Morgan fingerprint density at radius 2 is 2.29 bits per heavy atom. The summed E-state index contributed by atoms with van der Waals surface area (Å²) in [6.07, 6.45) is 2.55. The van der Waals surface area contributed by atoms with E-state index >= 15 is 0 Å². The van der Waals surface area contributed by atoms with Gasteiger partial charge in [-0.3, -0.25) is 4.79 Å². The van der Waals surface area contributed by atoms with Gasteiger partial charge in [-0.2, -0.15) is 5.26 Å². The van der Waals surface area contributed by atoms with Crippen molar-refractivity contribution in [1.82, 2.24) is 0 Å². The first-order chi connectivity index (χ1) is 10.1. The zero-order chi connectivity index (χ0) is 15.4. The van der Waals surface area contributed by atoms with Gasteiger partial charge in [0.25, 0.3) is 0 Å². The highest BCUT2D eigenvalue weighted by atomic mass is 32.1. The van der Waals surface area contributed by atoms with E-state index in [1.807, 2.05) is 0 Å². The van der Waals surface area contributed by atoms with Crippen LogP contribution in [-0.4, -0.2) is 18.5 Å². The van der Waals surface area contributed by atoms with Crippen LogP contribution in [0.3, 0.4) is 0 Å². The summed E-state index contributed by atoms with van der Waals surface area (Å²) in [6, 6.07) is 1.81. The molecule has 1 aliphatic carbocycles. The number of nitrogens with zero attached hydrogens (tertiary/aromatic N) is 1. The molecule has 0 aromatic carbocycles. The number of esters is 1. The first kappa shape index (κ1) is 15.5. The van der Waals surface area contributed by atoms with Gasteiger partial charge in [-0.1, -0.05) is 6.92 Å². The molecule has 1 aromatic heterocycles. The average Bonchev–Trinajstić information content (AvgIpc) is 2.75. The number of carbonyl (C=O) groups is 2. The van der Waals surface area contributed by atoms with Crippen molar-refractivity contribution in [3.8, 4) is 6.07 Å². The van der Waals surface area contributed by atoms with E-state index < -0.39 is 11.9 Å². The summed E-state index contributed by atoms with van der Waals surface area (Å²) in [5.74, 6) is -0.208. The van der Waals surface area contributed by atoms with Gasteiger partial charge in [-0.25, -0.2) is 4.79 Å². The Balaban J connectivity index is 2.36. The normalized spacial score (nSPS) is 16.7. The third-order valence-corrected chi connectivity index (χ3v) is 4.65. The maximum atomic E-state index is 12.2. The van der Waals surface area contributed by atoms with E-state index in [1.165, 1.54) is 11.3 Å². The van der Waals surface area contributed by atoms with Gasteiger partial charge < -0.3 is 10.1 Å². The number of thiophene rings is 1. The number of nitrogens with one attached hydrogen (secondary N) is 1. The van der Waals surface area contributed by atoms with Crippen LogP contribution in [0.1, 0.15) is 47.5 Å². The number of anilines is 1. The number of hydrogen-bond acceptors (Lipinski definition) is 5. The lowest BCUT2D eigenvalue weighted by atomic mass is 9.88. The molecule has 1 heterocycles.